The van der Waals surface area contributed by atoms with Crippen molar-refractivity contribution in [3.05, 3.63) is 75.8 Å². The first-order valence-corrected chi connectivity index (χ1v) is 10.0. The van der Waals surface area contributed by atoms with Gasteiger partial charge >= 0.3 is 12.1 Å². The van der Waals surface area contributed by atoms with Crippen LogP contribution in [-0.4, -0.2) is 28.2 Å². The summed E-state index contributed by atoms with van der Waals surface area (Å²) in [6.45, 7) is 0.0734. The second-order valence-electron chi connectivity index (χ2n) is 5.93. The van der Waals surface area contributed by atoms with Crippen LogP contribution in [0.5, 0.6) is 0 Å². The number of benzene rings is 2. The second-order valence-corrected chi connectivity index (χ2v) is 7.96. The first kappa shape index (κ1) is 20.0. The van der Waals surface area contributed by atoms with E-state index in [2.05, 4.69) is 26.2 Å². The van der Waals surface area contributed by atoms with Gasteiger partial charge in [0.2, 0.25) is 0 Å². The average molecular weight is 461 g/mol. The summed E-state index contributed by atoms with van der Waals surface area (Å²) in [4.78, 5) is 28.7. The fraction of sp³-hybridized carbons (Fsp3) is 0.150. The first-order valence-electron chi connectivity index (χ1n) is 8.42. The van der Waals surface area contributed by atoms with E-state index in [0.29, 0.717) is 5.01 Å². The maximum Gasteiger partial charge on any atom is 0.408 e. The zero-order valence-corrected chi connectivity index (χ0v) is 17.1. The SMILES string of the molecule is O=C(NC(Cc1ncc(-c2ccc(Br)cc2)s1)C(=O)O)OCc1ccccc1. The molecule has 0 bridgehead atoms. The Morgan fingerprint density at radius 3 is 2.54 bits per heavy atom. The van der Waals surface area contributed by atoms with Crippen molar-refractivity contribution < 1.29 is 19.4 Å². The highest BCUT2D eigenvalue weighted by Crippen LogP contribution is 2.27. The zero-order chi connectivity index (χ0) is 19.9. The lowest BCUT2D eigenvalue weighted by molar-refractivity contribution is -0.139. The molecule has 144 valence electrons. The third kappa shape index (κ3) is 5.64. The predicted octanol–water partition coefficient (Wildman–Crippen LogP) is 4.49. The Morgan fingerprint density at radius 1 is 1.14 bits per heavy atom. The van der Waals surface area contributed by atoms with E-state index in [0.717, 1.165) is 20.5 Å². The Bertz CT molecular complexity index is 944. The summed E-state index contributed by atoms with van der Waals surface area (Å²) in [7, 11) is 0. The molecule has 0 spiro atoms. The number of alkyl carbamates (subject to hydrolysis) is 1. The monoisotopic (exact) mass is 460 g/mol. The highest BCUT2D eigenvalue weighted by atomic mass is 79.9. The van der Waals surface area contributed by atoms with Crippen molar-refractivity contribution in [2.24, 2.45) is 0 Å². The van der Waals surface area contributed by atoms with Gasteiger partial charge in [0.1, 0.15) is 12.6 Å². The molecule has 3 aromatic rings. The van der Waals surface area contributed by atoms with Gasteiger partial charge in [0.05, 0.1) is 9.88 Å². The van der Waals surface area contributed by atoms with E-state index in [1.54, 1.807) is 6.20 Å². The van der Waals surface area contributed by atoms with Crippen LogP contribution >= 0.6 is 27.3 Å². The smallest absolute Gasteiger partial charge is 0.408 e. The lowest BCUT2D eigenvalue weighted by atomic mass is 10.2. The van der Waals surface area contributed by atoms with Gasteiger partial charge in [-0.3, -0.25) is 0 Å². The summed E-state index contributed by atoms with van der Waals surface area (Å²) in [6.07, 6.45) is 1.01. The molecule has 0 saturated carbocycles. The van der Waals surface area contributed by atoms with Gasteiger partial charge in [-0.1, -0.05) is 58.4 Å². The topological polar surface area (TPSA) is 88.5 Å². The van der Waals surface area contributed by atoms with Crippen LogP contribution in [0, 0.1) is 0 Å². The van der Waals surface area contributed by atoms with E-state index >= 15 is 0 Å². The van der Waals surface area contributed by atoms with Gasteiger partial charge in [-0.05, 0) is 23.3 Å². The Kier molecular flexibility index (Phi) is 6.78. The highest BCUT2D eigenvalue weighted by Gasteiger charge is 2.23. The second kappa shape index (κ2) is 9.48. The summed E-state index contributed by atoms with van der Waals surface area (Å²) in [5, 5.41) is 12.4. The van der Waals surface area contributed by atoms with Gasteiger partial charge < -0.3 is 15.2 Å². The standard InChI is InChI=1S/C20H17BrN2O4S/c21-15-8-6-14(7-9-15)17-11-22-18(28-17)10-16(19(24)25)23-20(26)27-12-13-4-2-1-3-5-13/h1-9,11,16H,10,12H2,(H,23,26)(H,24,25). The third-order valence-corrected chi connectivity index (χ3v) is 5.46. The van der Waals surface area contributed by atoms with Crippen LogP contribution in [0.15, 0.2) is 65.3 Å². The van der Waals surface area contributed by atoms with Crippen molar-refractivity contribution in [2.45, 2.75) is 19.1 Å². The highest BCUT2D eigenvalue weighted by molar-refractivity contribution is 9.10. The van der Waals surface area contributed by atoms with Crippen LogP contribution in [0.25, 0.3) is 10.4 Å². The zero-order valence-electron chi connectivity index (χ0n) is 14.7. The number of rotatable bonds is 7. The van der Waals surface area contributed by atoms with E-state index in [1.165, 1.54) is 11.3 Å². The minimum absolute atomic E-state index is 0.0734. The number of amides is 1. The van der Waals surface area contributed by atoms with Crippen LogP contribution in [0.3, 0.4) is 0 Å². The number of aromatic nitrogens is 1. The molecule has 1 heterocycles. The molecule has 0 fully saturated rings. The number of nitrogens with one attached hydrogen (secondary N) is 1. The van der Waals surface area contributed by atoms with E-state index in [4.69, 9.17) is 4.74 Å². The third-order valence-electron chi connectivity index (χ3n) is 3.86. The molecule has 0 radical (unpaired) electrons. The van der Waals surface area contributed by atoms with Crippen molar-refractivity contribution in [3.63, 3.8) is 0 Å². The van der Waals surface area contributed by atoms with Gasteiger partial charge in [0, 0.05) is 17.1 Å². The van der Waals surface area contributed by atoms with Crippen molar-refractivity contribution in [1.29, 1.82) is 0 Å². The van der Waals surface area contributed by atoms with E-state index in [9.17, 15) is 14.7 Å². The van der Waals surface area contributed by atoms with Gasteiger partial charge in [-0.25, -0.2) is 14.6 Å². The number of carboxylic acid groups (broad SMARTS) is 1. The number of aliphatic carboxylic acids is 1. The molecule has 0 aliphatic carbocycles. The van der Waals surface area contributed by atoms with Crippen molar-refractivity contribution in [2.75, 3.05) is 0 Å². The number of hydrogen-bond acceptors (Lipinski definition) is 5. The fourth-order valence-corrected chi connectivity index (χ4v) is 3.67. The van der Waals surface area contributed by atoms with Crippen molar-refractivity contribution >= 4 is 39.3 Å². The molecule has 6 nitrogen and oxygen atoms in total. The Labute approximate surface area is 174 Å². The number of thiazole rings is 1. The molecular weight excluding hydrogens is 444 g/mol. The summed E-state index contributed by atoms with van der Waals surface area (Å²) < 4.78 is 6.07. The van der Waals surface area contributed by atoms with Crippen molar-refractivity contribution in [3.8, 4) is 10.4 Å². The minimum Gasteiger partial charge on any atom is -0.480 e. The quantitative estimate of drug-likeness (QED) is 0.541. The van der Waals surface area contributed by atoms with Crippen LogP contribution in [-0.2, 0) is 22.6 Å². The number of carbonyl (C=O) groups is 2. The number of carboxylic acids is 1. The van der Waals surface area contributed by atoms with Crippen molar-refractivity contribution in [1.82, 2.24) is 10.3 Å². The Balaban J connectivity index is 1.59. The average Bonchev–Trinajstić information content (AvgIpc) is 3.16. The van der Waals surface area contributed by atoms with Crippen LogP contribution in [0.1, 0.15) is 10.6 Å². The van der Waals surface area contributed by atoms with Gasteiger partial charge in [-0.15, -0.1) is 11.3 Å². The summed E-state index contributed by atoms with van der Waals surface area (Å²) >= 11 is 4.79. The molecule has 1 amide bonds. The van der Waals surface area contributed by atoms with Gasteiger partial charge in [0.15, 0.2) is 0 Å². The number of nitrogens with zero attached hydrogens (tertiary/aromatic N) is 1. The molecule has 2 aromatic carbocycles. The number of hydrogen-bond donors (Lipinski definition) is 2. The minimum atomic E-state index is -1.14. The molecule has 3 rings (SSSR count). The molecule has 1 atom stereocenters. The Hall–Kier alpha value is -2.71. The molecular formula is C20H17BrN2O4S. The number of halogens is 1. The molecule has 8 heteroatoms. The summed E-state index contributed by atoms with van der Waals surface area (Å²) in [5.41, 5.74) is 1.82. The maximum atomic E-state index is 12.0. The Morgan fingerprint density at radius 2 is 1.86 bits per heavy atom. The van der Waals surface area contributed by atoms with Crippen LogP contribution < -0.4 is 5.32 Å². The molecule has 0 aliphatic heterocycles. The van der Waals surface area contributed by atoms with Crippen LogP contribution in [0.4, 0.5) is 4.79 Å². The van der Waals surface area contributed by atoms with E-state index < -0.39 is 18.1 Å². The molecule has 0 saturated heterocycles. The molecule has 2 N–H and O–H groups in total. The molecule has 0 aliphatic rings. The normalized spacial score (nSPS) is 11.6. The molecule has 1 aromatic heterocycles. The molecule has 1 unspecified atom stereocenters. The van der Waals surface area contributed by atoms with Gasteiger partial charge in [0.25, 0.3) is 0 Å². The lowest BCUT2D eigenvalue weighted by Crippen LogP contribution is -2.42. The van der Waals surface area contributed by atoms with E-state index in [1.807, 2.05) is 54.6 Å². The van der Waals surface area contributed by atoms with Crippen LogP contribution in [0.2, 0.25) is 0 Å². The first-order chi connectivity index (χ1) is 13.5. The maximum absolute atomic E-state index is 12.0. The lowest BCUT2D eigenvalue weighted by Gasteiger charge is -2.13. The largest absolute Gasteiger partial charge is 0.480 e. The van der Waals surface area contributed by atoms with Gasteiger partial charge in [-0.2, -0.15) is 0 Å². The fourth-order valence-electron chi connectivity index (χ4n) is 2.43. The summed E-state index contributed by atoms with van der Waals surface area (Å²) in [5.74, 6) is -1.14. The summed E-state index contributed by atoms with van der Waals surface area (Å²) in [6, 6.07) is 15.8. The van der Waals surface area contributed by atoms with E-state index in [-0.39, 0.29) is 13.0 Å². The number of ether oxygens (including phenoxy) is 1. The molecule has 28 heavy (non-hydrogen) atoms. The number of carbonyl (C=O) groups excluding carboxylic acids is 1. The predicted molar refractivity (Wildman–Crippen MR) is 110 cm³/mol.